The Kier molecular flexibility index (Phi) is 4.27. The van der Waals surface area contributed by atoms with Crippen LogP contribution in [0.3, 0.4) is 0 Å². The minimum absolute atomic E-state index is 0.0689. The van der Waals surface area contributed by atoms with Gasteiger partial charge in [-0.15, -0.1) is 0 Å². The second-order valence-electron chi connectivity index (χ2n) is 6.57. The van der Waals surface area contributed by atoms with Crippen molar-refractivity contribution in [3.05, 3.63) is 48.0 Å². The molecule has 7 nitrogen and oxygen atoms in total. The first-order chi connectivity index (χ1) is 13.0. The van der Waals surface area contributed by atoms with Crippen molar-refractivity contribution in [2.45, 2.75) is 13.3 Å². The first kappa shape index (κ1) is 17.1. The second kappa shape index (κ2) is 6.75. The van der Waals surface area contributed by atoms with Gasteiger partial charge in [-0.25, -0.2) is 0 Å². The Morgan fingerprint density at radius 2 is 1.93 bits per heavy atom. The van der Waals surface area contributed by atoms with E-state index in [1.165, 1.54) is 6.92 Å². The lowest BCUT2D eigenvalue weighted by molar-refractivity contribution is -0.122. The number of fused-ring (bicyclic) bond motifs is 1. The number of rotatable bonds is 4. The summed E-state index contributed by atoms with van der Waals surface area (Å²) in [5, 5.41) is 2.83. The van der Waals surface area contributed by atoms with Gasteiger partial charge in [-0.3, -0.25) is 14.4 Å². The van der Waals surface area contributed by atoms with Crippen molar-refractivity contribution in [3.8, 4) is 11.5 Å². The maximum atomic E-state index is 12.6. The zero-order chi connectivity index (χ0) is 19.0. The van der Waals surface area contributed by atoms with Gasteiger partial charge >= 0.3 is 0 Å². The molecule has 7 heteroatoms. The van der Waals surface area contributed by atoms with Crippen LogP contribution in [0, 0.1) is 5.92 Å². The van der Waals surface area contributed by atoms with Gasteiger partial charge in [0.25, 0.3) is 0 Å². The van der Waals surface area contributed by atoms with Gasteiger partial charge in [-0.1, -0.05) is 12.1 Å². The summed E-state index contributed by atoms with van der Waals surface area (Å²) in [6, 6.07) is 12.1. The first-order valence-electron chi connectivity index (χ1n) is 8.63. The van der Waals surface area contributed by atoms with Crippen LogP contribution in [-0.2, 0) is 9.59 Å². The molecule has 0 bridgehead atoms. The van der Waals surface area contributed by atoms with Gasteiger partial charge in [0.15, 0.2) is 17.3 Å². The number of nitrogens with zero attached hydrogens (tertiary/aromatic N) is 1. The summed E-state index contributed by atoms with van der Waals surface area (Å²) in [5.41, 5.74) is 1.76. The van der Waals surface area contributed by atoms with Crippen LogP contribution in [-0.4, -0.2) is 30.9 Å². The molecule has 2 aliphatic rings. The third-order valence-corrected chi connectivity index (χ3v) is 4.70. The van der Waals surface area contributed by atoms with E-state index in [0.717, 1.165) is 0 Å². The number of anilines is 2. The Hall–Kier alpha value is -3.35. The molecule has 1 atom stereocenters. The van der Waals surface area contributed by atoms with E-state index in [9.17, 15) is 14.4 Å². The molecule has 2 aromatic rings. The van der Waals surface area contributed by atoms with Crippen molar-refractivity contribution in [2.75, 3.05) is 23.6 Å². The highest BCUT2D eigenvalue weighted by Crippen LogP contribution is 2.34. The molecule has 0 aromatic heterocycles. The van der Waals surface area contributed by atoms with E-state index in [1.54, 1.807) is 47.4 Å². The van der Waals surface area contributed by atoms with E-state index in [0.29, 0.717) is 28.4 Å². The predicted octanol–water partition coefficient (Wildman–Crippen LogP) is 2.61. The highest BCUT2D eigenvalue weighted by Gasteiger charge is 2.35. The van der Waals surface area contributed by atoms with E-state index in [4.69, 9.17) is 9.47 Å². The molecule has 2 heterocycles. The molecule has 0 radical (unpaired) electrons. The summed E-state index contributed by atoms with van der Waals surface area (Å²) in [7, 11) is 0. The van der Waals surface area contributed by atoms with Crippen LogP contribution < -0.4 is 19.7 Å². The first-order valence-corrected chi connectivity index (χ1v) is 8.63. The van der Waals surface area contributed by atoms with Gasteiger partial charge in [0.1, 0.15) is 0 Å². The van der Waals surface area contributed by atoms with Gasteiger partial charge in [-0.05, 0) is 31.2 Å². The third-order valence-electron chi connectivity index (χ3n) is 4.70. The Labute approximate surface area is 155 Å². The topological polar surface area (TPSA) is 84.9 Å². The maximum absolute atomic E-state index is 12.6. The molecule has 1 N–H and O–H groups in total. The minimum Gasteiger partial charge on any atom is -0.454 e. The molecule has 0 saturated carbocycles. The number of Topliss-reactive ketones (excluding diaryl/α,β-unsaturated/α-hetero) is 1. The lowest BCUT2D eigenvalue weighted by Crippen LogP contribution is -2.28. The van der Waals surface area contributed by atoms with Gasteiger partial charge in [-0.2, -0.15) is 0 Å². The predicted molar refractivity (Wildman–Crippen MR) is 98.1 cm³/mol. The number of hydrogen-bond acceptors (Lipinski definition) is 5. The fraction of sp³-hybridized carbons (Fsp3) is 0.250. The molecule has 1 saturated heterocycles. The maximum Gasteiger partial charge on any atom is 0.231 e. The van der Waals surface area contributed by atoms with E-state index >= 15 is 0 Å². The molecule has 138 valence electrons. The fourth-order valence-corrected chi connectivity index (χ4v) is 3.24. The van der Waals surface area contributed by atoms with Crippen LogP contribution in [0.4, 0.5) is 11.4 Å². The standard InChI is InChI=1S/C20H18N2O5/c1-12(23)13-3-2-4-16(7-13)22-10-14(8-19(22)24)20(25)21-15-5-6-17-18(9-15)27-11-26-17/h2-7,9,14H,8,10-11H2,1H3,(H,21,25). The number of ether oxygens (including phenoxy) is 2. The zero-order valence-corrected chi connectivity index (χ0v) is 14.7. The highest BCUT2D eigenvalue weighted by molar-refractivity contribution is 6.04. The van der Waals surface area contributed by atoms with Crippen molar-refractivity contribution in [3.63, 3.8) is 0 Å². The Bertz CT molecular complexity index is 940. The quantitative estimate of drug-likeness (QED) is 0.841. The summed E-state index contributed by atoms with van der Waals surface area (Å²) in [6.07, 6.45) is 0.126. The molecule has 2 aliphatic heterocycles. The SMILES string of the molecule is CC(=O)c1cccc(N2CC(C(=O)Nc3ccc4c(c3)OCO4)CC2=O)c1. The molecule has 0 spiro atoms. The molecule has 2 aromatic carbocycles. The average Bonchev–Trinajstić information content (AvgIpc) is 3.27. The molecule has 2 amide bonds. The number of amides is 2. The van der Waals surface area contributed by atoms with Crippen molar-refractivity contribution in [1.82, 2.24) is 0 Å². The zero-order valence-electron chi connectivity index (χ0n) is 14.7. The van der Waals surface area contributed by atoms with E-state index in [1.807, 2.05) is 0 Å². The second-order valence-corrected chi connectivity index (χ2v) is 6.57. The van der Waals surface area contributed by atoms with Crippen LogP contribution >= 0.6 is 0 Å². The molecule has 27 heavy (non-hydrogen) atoms. The van der Waals surface area contributed by atoms with Crippen molar-refractivity contribution >= 4 is 29.0 Å². The lowest BCUT2D eigenvalue weighted by Gasteiger charge is -2.17. The van der Waals surface area contributed by atoms with Crippen molar-refractivity contribution in [2.24, 2.45) is 5.92 Å². The summed E-state index contributed by atoms with van der Waals surface area (Å²) in [4.78, 5) is 38.1. The van der Waals surface area contributed by atoms with Gasteiger partial charge < -0.3 is 19.7 Å². The number of carbonyl (C=O) groups is 3. The summed E-state index contributed by atoms with van der Waals surface area (Å²) in [6.45, 7) is 1.92. The Morgan fingerprint density at radius 1 is 1.11 bits per heavy atom. The molecule has 0 aliphatic carbocycles. The fourth-order valence-electron chi connectivity index (χ4n) is 3.24. The molecular formula is C20H18N2O5. The molecule has 1 unspecified atom stereocenters. The smallest absolute Gasteiger partial charge is 0.231 e. The number of nitrogens with one attached hydrogen (secondary N) is 1. The van der Waals surface area contributed by atoms with Gasteiger partial charge in [0, 0.05) is 36.0 Å². The van der Waals surface area contributed by atoms with Crippen LogP contribution in [0.15, 0.2) is 42.5 Å². The van der Waals surface area contributed by atoms with Gasteiger partial charge in [0.05, 0.1) is 5.92 Å². The normalized spacial score (nSPS) is 17.9. The van der Waals surface area contributed by atoms with Crippen LogP contribution in [0.25, 0.3) is 0 Å². The number of benzene rings is 2. The van der Waals surface area contributed by atoms with Gasteiger partial charge in [0.2, 0.25) is 18.6 Å². The molecular weight excluding hydrogens is 348 g/mol. The average molecular weight is 366 g/mol. The molecule has 4 rings (SSSR count). The summed E-state index contributed by atoms with van der Waals surface area (Å²) in [5.74, 6) is 0.317. The summed E-state index contributed by atoms with van der Waals surface area (Å²) < 4.78 is 10.6. The van der Waals surface area contributed by atoms with E-state index < -0.39 is 5.92 Å². The van der Waals surface area contributed by atoms with E-state index in [-0.39, 0.29) is 37.4 Å². The monoisotopic (exact) mass is 366 g/mol. The van der Waals surface area contributed by atoms with Crippen molar-refractivity contribution in [1.29, 1.82) is 0 Å². The Balaban J connectivity index is 1.46. The molecule has 1 fully saturated rings. The number of hydrogen-bond donors (Lipinski definition) is 1. The van der Waals surface area contributed by atoms with Crippen molar-refractivity contribution < 1.29 is 23.9 Å². The van der Waals surface area contributed by atoms with Crippen LogP contribution in [0.5, 0.6) is 11.5 Å². The van der Waals surface area contributed by atoms with E-state index in [2.05, 4.69) is 5.32 Å². The Morgan fingerprint density at radius 3 is 2.74 bits per heavy atom. The van der Waals surface area contributed by atoms with Crippen LogP contribution in [0.2, 0.25) is 0 Å². The third kappa shape index (κ3) is 3.36. The minimum atomic E-state index is -0.469. The number of ketones is 1. The largest absolute Gasteiger partial charge is 0.454 e. The van der Waals surface area contributed by atoms with Crippen LogP contribution in [0.1, 0.15) is 23.7 Å². The lowest BCUT2D eigenvalue weighted by atomic mass is 10.1. The number of carbonyl (C=O) groups excluding carboxylic acids is 3. The highest BCUT2D eigenvalue weighted by atomic mass is 16.7. The summed E-state index contributed by atoms with van der Waals surface area (Å²) >= 11 is 0.